The van der Waals surface area contributed by atoms with Crippen molar-refractivity contribution in [1.29, 1.82) is 0 Å². The number of carbonyl (C=O) groups excluding carboxylic acids is 1. The van der Waals surface area contributed by atoms with E-state index in [0.29, 0.717) is 12.5 Å². The van der Waals surface area contributed by atoms with Crippen LogP contribution < -0.4 is 0 Å². The Labute approximate surface area is 95.6 Å². The Bertz CT molecular complexity index is 398. The van der Waals surface area contributed by atoms with E-state index >= 15 is 0 Å². The van der Waals surface area contributed by atoms with Crippen LogP contribution in [0.15, 0.2) is 30.3 Å². The Morgan fingerprint density at radius 1 is 1.31 bits per heavy atom. The average Bonchev–Trinajstić information content (AvgIpc) is 3.04. The molecule has 0 spiro atoms. The topological polar surface area (TPSA) is 29.6 Å². The summed E-state index contributed by atoms with van der Waals surface area (Å²) in [4.78, 5) is 12.1. The summed E-state index contributed by atoms with van der Waals surface area (Å²) in [5, 5.41) is 0. The molecule has 0 amide bonds. The Kier molecular flexibility index (Phi) is 2.32. The minimum absolute atomic E-state index is 0.0782. The van der Waals surface area contributed by atoms with Gasteiger partial charge in [0.25, 0.3) is 0 Å². The van der Waals surface area contributed by atoms with Gasteiger partial charge in [0.15, 0.2) is 5.78 Å². The lowest BCUT2D eigenvalue weighted by Gasteiger charge is -2.16. The lowest BCUT2D eigenvalue weighted by atomic mass is 9.84. The quantitative estimate of drug-likeness (QED) is 0.574. The predicted molar refractivity (Wildman–Crippen MR) is 61.5 cm³/mol. The first-order valence-corrected chi connectivity index (χ1v) is 6.06. The van der Waals surface area contributed by atoms with E-state index in [2.05, 4.69) is 0 Å². The molecule has 3 rings (SSSR count). The molecular weight excluding hydrogens is 200 g/mol. The second kappa shape index (κ2) is 3.70. The second-order valence-corrected chi connectivity index (χ2v) is 4.88. The number of rotatable bonds is 3. The van der Waals surface area contributed by atoms with Gasteiger partial charge < -0.3 is 4.74 Å². The van der Waals surface area contributed by atoms with Crippen LogP contribution in [0.4, 0.5) is 0 Å². The van der Waals surface area contributed by atoms with Gasteiger partial charge in [-0.1, -0.05) is 43.2 Å². The smallest absolute Gasteiger partial charge is 0.165 e. The van der Waals surface area contributed by atoms with Gasteiger partial charge in [-0.3, -0.25) is 4.79 Å². The molecule has 2 atom stereocenters. The third kappa shape index (κ3) is 1.67. The summed E-state index contributed by atoms with van der Waals surface area (Å²) in [6.45, 7) is 0. The highest BCUT2D eigenvalue weighted by Gasteiger charge is 2.57. The van der Waals surface area contributed by atoms with Crippen LogP contribution in [-0.4, -0.2) is 17.5 Å². The summed E-state index contributed by atoms with van der Waals surface area (Å²) in [6.07, 6.45) is 5.61. The first-order chi connectivity index (χ1) is 7.80. The maximum Gasteiger partial charge on any atom is 0.165 e. The van der Waals surface area contributed by atoms with Crippen molar-refractivity contribution in [3.05, 3.63) is 35.9 Å². The van der Waals surface area contributed by atoms with Crippen molar-refractivity contribution in [2.45, 2.75) is 43.8 Å². The molecule has 16 heavy (non-hydrogen) atoms. The maximum absolute atomic E-state index is 12.1. The zero-order chi connectivity index (χ0) is 11.0. The third-order valence-electron chi connectivity index (χ3n) is 3.78. The van der Waals surface area contributed by atoms with Crippen molar-refractivity contribution in [1.82, 2.24) is 0 Å². The van der Waals surface area contributed by atoms with Crippen LogP contribution in [0.2, 0.25) is 0 Å². The molecule has 1 aliphatic carbocycles. The fourth-order valence-corrected chi connectivity index (χ4v) is 2.79. The summed E-state index contributed by atoms with van der Waals surface area (Å²) in [6, 6.07) is 9.54. The number of ketones is 1. The van der Waals surface area contributed by atoms with Crippen LogP contribution in [0.3, 0.4) is 0 Å². The largest absolute Gasteiger partial charge is 0.366 e. The number of ether oxygens (including phenoxy) is 1. The molecule has 2 heteroatoms. The van der Waals surface area contributed by atoms with Crippen LogP contribution in [0.5, 0.6) is 0 Å². The highest BCUT2D eigenvalue weighted by Crippen LogP contribution is 2.50. The van der Waals surface area contributed by atoms with E-state index in [-0.39, 0.29) is 11.4 Å². The molecule has 1 saturated heterocycles. The second-order valence-electron chi connectivity index (χ2n) is 4.88. The molecule has 0 unspecified atom stereocenters. The number of hydrogen-bond donors (Lipinski definition) is 0. The van der Waals surface area contributed by atoms with Gasteiger partial charge in [-0.25, -0.2) is 0 Å². The number of carbonyl (C=O) groups is 1. The van der Waals surface area contributed by atoms with Gasteiger partial charge in [-0.15, -0.1) is 0 Å². The summed E-state index contributed by atoms with van der Waals surface area (Å²) in [5.74, 6) is 0.227. The van der Waals surface area contributed by atoms with Gasteiger partial charge in [0.05, 0.1) is 6.10 Å². The minimum atomic E-state index is -0.0782. The van der Waals surface area contributed by atoms with Crippen molar-refractivity contribution < 1.29 is 9.53 Å². The SMILES string of the molecule is O=C(C[C@@]12CCCC[C@@H]1O2)c1ccccc1. The number of Topliss-reactive ketones (excluding diaryl/α,β-unsaturated/α-hetero) is 1. The maximum atomic E-state index is 12.1. The molecule has 1 aromatic carbocycles. The lowest BCUT2D eigenvalue weighted by molar-refractivity contribution is 0.0940. The molecule has 0 aromatic heterocycles. The van der Waals surface area contributed by atoms with Gasteiger partial charge in [-0.05, 0) is 12.8 Å². The molecule has 0 radical (unpaired) electrons. The molecular formula is C14H16O2. The summed E-state index contributed by atoms with van der Waals surface area (Å²) in [7, 11) is 0. The Morgan fingerprint density at radius 3 is 2.88 bits per heavy atom. The Morgan fingerprint density at radius 2 is 2.12 bits per heavy atom. The Balaban J connectivity index is 1.70. The zero-order valence-electron chi connectivity index (χ0n) is 9.32. The number of hydrogen-bond acceptors (Lipinski definition) is 2. The van der Waals surface area contributed by atoms with Crippen molar-refractivity contribution >= 4 is 5.78 Å². The van der Waals surface area contributed by atoms with Crippen molar-refractivity contribution in [3.63, 3.8) is 0 Å². The number of benzene rings is 1. The van der Waals surface area contributed by atoms with Crippen LogP contribution in [0, 0.1) is 0 Å². The van der Waals surface area contributed by atoms with Crippen LogP contribution in [0.1, 0.15) is 42.5 Å². The van der Waals surface area contributed by atoms with Crippen molar-refractivity contribution in [2.75, 3.05) is 0 Å². The predicted octanol–water partition coefficient (Wildman–Crippen LogP) is 2.97. The molecule has 2 fully saturated rings. The van der Waals surface area contributed by atoms with Gasteiger partial charge >= 0.3 is 0 Å². The molecule has 2 nitrogen and oxygen atoms in total. The minimum Gasteiger partial charge on any atom is -0.366 e. The van der Waals surface area contributed by atoms with Crippen LogP contribution >= 0.6 is 0 Å². The van der Waals surface area contributed by atoms with Crippen LogP contribution in [0.25, 0.3) is 0 Å². The van der Waals surface area contributed by atoms with E-state index in [9.17, 15) is 4.79 Å². The van der Waals surface area contributed by atoms with Gasteiger partial charge in [0.2, 0.25) is 0 Å². The fraction of sp³-hybridized carbons (Fsp3) is 0.500. The Hall–Kier alpha value is -1.15. The summed E-state index contributed by atoms with van der Waals surface area (Å²) < 4.78 is 5.74. The van der Waals surface area contributed by atoms with E-state index in [4.69, 9.17) is 4.74 Å². The molecule has 84 valence electrons. The highest BCUT2D eigenvalue weighted by molar-refractivity contribution is 5.96. The van der Waals surface area contributed by atoms with Gasteiger partial charge in [-0.2, -0.15) is 0 Å². The molecule has 2 aliphatic rings. The van der Waals surface area contributed by atoms with Gasteiger partial charge in [0, 0.05) is 12.0 Å². The van der Waals surface area contributed by atoms with Gasteiger partial charge in [0.1, 0.15) is 5.60 Å². The first-order valence-electron chi connectivity index (χ1n) is 6.06. The molecule has 1 aromatic rings. The third-order valence-corrected chi connectivity index (χ3v) is 3.78. The van der Waals surface area contributed by atoms with E-state index in [1.807, 2.05) is 30.3 Å². The highest BCUT2D eigenvalue weighted by atomic mass is 16.6. The van der Waals surface area contributed by atoms with E-state index < -0.39 is 0 Å². The van der Waals surface area contributed by atoms with E-state index in [1.54, 1.807) is 0 Å². The lowest BCUT2D eigenvalue weighted by Crippen LogP contribution is -2.23. The summed E-state index contributed by atoms with van der Waals surface area (Å²) >= 11 is 0. The fourth-order valence-electron chi connectivity index (χ4n) is 2.79. The summed E-state index contributed by atoms with van der Waals surface area (Å²) in [5.41, 5.74) is 0.738. The molecule has 1 aliphatic heterocycles. The molecule has 1 heterocycles. The standard InChI is InChI=1S/C14H16O2/c15-12(11-6-2-1-3-7-11)10-14-9-5-4-8-13(14)16-14/h1-3,6-7,13H,4-5,8-10H2/t13-,14-/m0/s1. The van der Waals surface area contributed by atoms with Crippen molar-refractivity contribution in [2.24, 2.45) is 0 Å². The number of epoxide rings is 1. The van der Waals surface area contributed by atoms with E-state index in [1.165, 1.54) is 12.8 Å². The zero-order valence-corrected chi connectivity index (χ0v) is 9.32. The normalized spacial score (nSPS) is 31.9. The molecule has 1 saturated carbocycles. The molecule has 0 bridgehead atoms. The average molecular weight is 216 g/mol. The monoisotopic (exact) mass is 216 g/mol. The molecule has 0 N–H and O–H groups in total. The van der Waals surface area contributed by atoms with E-state index in [0.717, 1.165) is 18.4 Å². The van der Waals surface area contributed by atoms with Crippen LogP contribution in [-0.2, 0) is 4.74 Å². The van der Waals surface area contributed by atoms with Crippen molar-refractivity contribution in [3.8, 4) is 0 Å². The number of fused-ring (bicyclic) bond motifs is 1. The first kappa shape index (κ1) is 10.0.